The molecule has 0 amide bonds. The van der Waals surface area contributed by atoms with Crippen molar-refractivity contribution in [1.29, 1.82) is 0 Å². The minimum atomic E-state index is 0.232. The van der Waals surface area contributed by atoms with Gasteiger partial charge in [-0.3, -0.25) is 0 Å². The zero-order chi connectivity index (χ0) is 15.4. The molecule has 1 heterocycles. The van der Waals surface area contributed by atoms with Crippen molar-refractivity contribution in [3.05, 3.63) is 35.7 Å². The largest absolute Gasteiger partial charge is 0.493 e. The van der Waals surface area contributed by atoms with Gasteiger partial charge in [0, 0.05) is 17.4 Å². The molecule has 0 aliphatic carbocycles. The van der Waals surface area contributed by atoms with Crippen LogP contribution in [0, 0.1) is 6.92 Å². The number of hydrogen-bond donors (Lipinski definition) is 2. The van der Waals surface area contributed by atoms with Gasteiger partial charge < -0.3 is 20.5 Å². The molecule has 110 valence electrons. The molecule has 3 N–H and O–H groups in total. The minimum absolute atomic E-state index is 0.232. The average molecular weight is 304 g/mol. The highest BCUT2D eigenvalue weighted by Gasteiger charge is 2.08. The number of ether oxygens (including phenoxy) is 2. The summed E-state index contributed by atoms with van der Waals surface area (Å²) in [7, 11) is 3.17. The van der Waals surface area contributed by atoms with Gasteiger partial charge in [-0.2, -0.15) is 0 Å². The van der Waals surface area contributed by atoms with Crippen LogP contribution in [0.5, 0.6) is 11.5 Å². The van der Waals surface area contributed by atoms with Gasteiger partial charge in [0.15, 0.2) is 11.5 Å². The summed E-state index contributed by atoms with van der Waals surface area (Å²) in [6.45, 7) is 1.85. The van der Waals surface area contributed by atoms with Crippen LogP contribution in [0.25, 0.3) is 0 Å². The summed E-state index contributed by atoms with van der Waals surface area (Å²) < 4.78 is 10.4. The molecular weight excluding hydrogens is 288 g/mol. The zero-order valence-corrected chi connectivity index (χ0v) is 12.8. The normalized spacial score (nSPS) is 10.0. The Morgan fingerprint density at radius 1 is 1.14 bits per heavy atom. The van der Waals surface area contributed by atoms with E-state index in [2.05, 4.69) is 15.3 Å². The van der Waals surface area contributed by atoms with E-state index in [9.17, 15) is 0 Å². The predicted molar refractivity (Wildman–Crippen MR) is 85.5 cm³/mol. The smallest absolute Gasteiger partial charge is 0.228 e. The lowest BCUT2D eigenvalue weighted by Gasteiger charge is -2.11. The Kier molecular flexibility index (Phi) is 4.54. The van der Waals surface area contributed by atoms with E-state index in [0.717, 1.165) is 11.4 Å². The Balaban J connectivity index is 2.31. The predicted octanol–water partition coefficient (Wildman–Crippen LogP) is 2.18. The van der Waals surface area contributed by atoms with Gasteiger partial charge in [-0.25, -0.2) is 9.97 Å². The average Bonchev–Trinajstić information content (AvgIpc) is 2.46. The lowest BCUT2D eigenvalue weighted by atomic mass is 10.2. The quantitative estimate of drug-likeness (QED) is 0.819. The molecule has 2 rings (SSSR count). The summed E-state index contributed by atoms with van der Waals surface area (Å²) in [4.78, 5) is 8.80. The standard InChI is InChI=1S/C14H16N4O2S/c1-8-6-10(13(15)21)18-14(16-8)17-9-4-5-11(19-2)12(7-9)20-3/h4-7H,1-3H3,(H2,15,21)(H,16,17,18). The molecule has 1 aromatic carbocycles. The monoisotopic (exact) mass is 304 g/mol. The van der Waals surface area contributed by atoms with Crippen molar-refractivity contribution in [2.45, 2.75) is 6.92 Å². The van der Waals surface area contributed by atoms with E-state index in [0.29, 0.717) is 23.1 Å². The van der Waals surface area contributed by atoms with Crippen molar-refractivity contribution in [3.8, 4) is 11.5 Å². The number of thiocarbonyl (C=S) groups is 1. The molecule has 2 aromatic rings. The molecule has 1 aromatic heterocycles. The van der Waals surface area contributed by atoms with Crippen LogP contribution in [-0.2, 0) is 0 Å². The number of nitrogens with one attached hydrogen (secondary N) is 1. The number of benzene rings is 1. The van der Waals surface area contributed by atoms with Gasteiger partial charge in [-0.15, -0.1) is 0 Å². The fourth-order valence-corrected chi connectivity index (χ4v) is 1.90. The van der Waals surface area contributed by atoms with Crippen molar-refractivity contribution in [1.82, 2.24) is 9.97 Å². The molecule has 7 heteroatoms. The van der Waals surface area contributed by atoms with E-state index in [1.807, 2.05) is 13.0 Å². The fourth-order valence-electron chi connectivity index (χ4n) is 1.79. The summed E-state index contributed by atoms with van der Waals surface area (Å²) in [5.41, 5.74) is 7.68. The maximum atomic E-state index is 5.61. The molecule has 0 unspecified atom stereocenters. The second kappa shape index (κ2) is 6.36. The second-order valence-electron chi connectivity index (χ2n) is 4.28. The van der Waals surface area contributed by atoms with Gasteiger partial charge in [-0.1, -0.05) is 12.2 Å². The van der Waals surface area contributed by atoms with Crippen molar-refractivity contribution >= 4 is 28.8 Å². The summed E-state index contributed by atoms with van der Waals surface area (Å²) in [6, 6.07) is 7.17. The van der Waals surface area contributed by atoms with Crippen LogP contribution in [0.15, 0.2) is 24.3 Å². The van der Waals surface area contributed by atoms with Crippen molar-refractivity contribution in [2.75, 3.05) is 19.5 Å². The molecule has 0 atom stereocenters. The Morgan fingerprint density at radius 2 is 1.86 bits per heavy atom. The number of hydrogen-bond acceptors (Lipinski definition) is 6. The Morgan fingerprint density at radius 3 is 2.48 bits per heavy atom. The number of aromatic nitrogens is 2. The van der Waals surface area contributed by atoms with Crippen LogP contribution < -0.4 is 20.5 Å². The second-order valence-corrected chi connectivity index (χ2v) is 4.72. The van der Waals surface area contributed by atoms with Crippen LogP contribution in [0.2, 0.25) is 0 Å². The van der Waals surface area contributed by atoms with Crippen molar-refractivity contribution < 1.29 is 9.47 Å². The van der Waals surface area contributed by atoms with Gasteiger partial charge in [-0.05, 0) is 25.1 Å². The van der Waals surface area contributed by atoms with Crippen LogP contribution in [0.1, 0.15) is 11.4 Å². The van der Waals surface area contributed by atoms with Crippen LogP contribution >= 0.6 is 12.2 Å². The van der Waals surface area contributed by atoms with E-state index in [1.165, 1.54) is 0 Å². The van der Waals surface area contributed by atoms with E-state index >= 15 is 0 Å². The first kappa shape index (κ1) is 15.0. The van der Waals surface area contributed by atoms with Gasteiger partial charge >= 0.3 is 0 Å². The third-order valence-electron chi connectivity index (χ3n) is 2.75. The first-order chi connectivity index (χ1) is 10.0. The Labute approximate surface area is 128 Å². The van der Waals surface area contributed by atoms with Crippen molar-refractivity contribution in [3.63, 3.8) is 0 Å². The maximum Gasteiger partial charge on any atom is 0.228 e. The van der Waals surface area contributed by atoms with Gasteiger partial charge in [0.05, 0.1) is 14.2 Å². The molecule has 0 bridgehead atoms. The molecule has 0 aliphatic heterocycles. The molecule has 0 saturated carbocycles. The summed E-state index contributed by atoms with van der Waals surface area (Å²) in [5.74, 6) is 1.69. The van der Waals surface area contributed by atoms with Crippen molar-refractivity contribution in [2.24, 2.45) is 5.73 Å². The van der Waals surface area contributed by atoms with Crippen LogP contribution in [-0.4, -0.2) is 29.2 Å². The zero-order valence-electron chi connectivity index (χ0n) is 12.0. The van der Waals surface area contributed by atoms with Crippen LogP contribution in [0.4, 0.5) is 11.6 Å². The van der Waals surface area contributed by atoms with E-state index in [4.69, 9.17) is 27.4 Å². The number of methoxy groups -OCH3 is 2. The molecule has 6 nitrogen and oxygen atoms in total. The highest BCUT2D eigenvalue weighted by atomic mass is 32.1. The first-order valence-corrected chi connectivity index (χ1v) is 6.59. The highest BCUT2D eigenvalue weighted by molar-refractivity contribution is 7.80. The third-order valence-corrected chi connectivity index (χ3v) is 2.96. The first-order valence-electron chi connectivity index (χ1n) is 6.18. The molecule has 0 radical (unpaired) electrons. The van der Waals surface area contributed by atoms with E-state index < -0.39 is 0 Å². The highest BCUT2D eigenvalue weighted by Crippen LogP contribution is 2.30. The maximum absolute atomic E-state index is 5.61. The molecular formula is C14H16N4O2S. The number of nitrogens with zero attached hydrogens (tertiary/aromatic N) is 2. The Bertz CT molecular complexity index is 676. The number of nitrogens with two attached hydrogens (primary N) is 1. The SMILES string of the molecule is COc1ccc(Nc2nc(C)cc(C(N)=S)n2)cc1OC. The van der Waals surface area contributed by atoms with Gasteiger partial charge in [0.2, 0.25) is 5.95 Å². The number of rotatable bonds is 5. The summed E-state index contributed by atoms with van der Waals surface area (Å²) >= 11 is 4.94. The Hall–Kier alpha value is -2.41. The summed E-state index contributed by atoms with van der Waals surface area (Å²) in [5, 5.41) is 3.09. The molecule has 0 spiro atoms. The fraction of sp³-hybridized carbons (Fsp3) is 0.214. The minimum Gasteiger partial charge on any atom is -0.493 e. The lowest BCUT2D eigenvalue weighted by Crippen LogP contribution is -2.13. The van der Waals surface area contributed by atoms with Gasteiger partial charge in [0.25, 0.3) is 0 Å². The molecule has 0 fully saturated rings. The van der Waals surface area contributed by atoms with Gasteiger partial charge in [0.1, 0.15) is 10.7 Å². The molecule has 21 heavy (non-hydrogen) atoms. The molecule has 0 saturated heterocycles. The van der Waals surface area contributed by atoms with E-state index in [-0.39, 0.29) is 4.99 Å². The van der Waals surface area contributed by atoms with E-state index in [1.54, 1.807) is 32.4 Å². The number of anilines is 2. The topological polar surface area (TPSA) is 82.3 Å². The molecule has 0 aliphatic rings. The third kappa shape index (κ3) is 3.57. The lowest BCUT2D eigenvalue weighted by molar-refractivity contribution is 0.355. The summed E-state index contributed by atoms with van der Waals surface area (Å²) in [6.07, 6.45) is 0. The van der Waals surface area contributed by atoms with Crippen LogP contribution in [0.3, 0.4) is 0 Å². The number of aryl methyl sites for hydroxylation is 1.